The van der Waals surface area contributed by atoms with Gasteiger partial charge < -0.3 is 5.32 Å². The van der Waals surface area contributed by atoms with Crippen LogP contribution in [0.25, 0.3) is 10.8 Å². The molecule has 0 radical (unpaired) electrons. The summed E-state index contributed by atoms with van der Waals surface area (Å²) < 4.78 is 27.1. The molecule has 0 amide bonds. The van der Waals surface area contributed by atoms with E-state index in [1.54, 1.807) is 12.4 Å². The van der Waals surface area contributed by atoms with Crippen molar-refractivity contribution >= 4 is 32.4 Å². The highest BCUT2D eigenvalue weighted by Crippen LogP contribution is 2.24. The minimum absolute atomic E-state index is 0.232. The summed E-state index contributed by atoms with van der Waals surface area (Å²) in [5.74, 6) is -1.23. The molecule has 0 aliphatic heterocycles. The van der Waals surface area contributed by atoms with Gasteiger partial charge >= 0.3 is 0 Å². The zero-order valence-corrected chi connectivity index (χ0v) is 12.5. The summed E-state index contributed by atoms with van der Waals surface area (Å²) in [6.45, 7) is 0.452. The molecule has 0 saturated carbocycles. The predicted octanol–water partition coefficient (Wildman–Crippen LogP) is 4.89. The summed E-state index contributed by atoms with van der Waals surface area (Å²) in [6.07, 6.45) is 3.53. The number of halogens is 3. The highest BCUT2D eigenvalue weighted by Gasteiger charge is 2.08. The largest absolute Gasteiger partial charge is 0.379 e. The van der Waals surface area contributed by atoms with Crippen molar-refractivity contribution in [1.82, 2.24) is 4.98 Å². The lowest BCUT2D eigenvalue weighted by Crippen LogP contribution is -2.02. The summed E-state index contributed by atoms with van der Waals surface area (Å²) in [4.78, 5) is 4.06. The monoisotopic (exact) mass is 348 g/mol. The summed E-state index contributed by atoms with van der Waals surface area (Å²) in [6, 6.07) is 10.1. The van der Waals surface area contributed by atoms with E-state index >= 15 is 0 Å². The Labute approximate surface area is 129 Å². The zero-order valence-electron chi connectivity index (χ0n) is 10.9. The van der Waals surface area contributed by atoms with Crippen molar-refractivity contribution in [3.8, 4) is 0 Å². The van der Waals surface area contributed by atoms with E-state index in [1.807, 2.05) is 24.3 Å². The van der Waals surface area contributed by atoms with Crippen molar-refractivity contribution in [3.05, 3.63) is 70.5 Å². The maximum Gasteiger partial charge on any atom is 0.149 e. The lowest BCUT2D eigenvalue weighted by molar-refractivity contribution is 0.580. The van der Waals surface area contributed by atoms with E-state index in [2.05, 4.69) is 26.2 Å². The SMILES string of the molecule is Fc1cc(F)c(NCc2ccc3cnccc3c2)cc1Br. The van der Waals surface area contributed by atoms with Gasteiger partial charge in [-0.2, -0.15) is 0 Å². The van der Waals surface area contributed by atoms with Gasteiger partial charge in [-0.05, 0) is 45.1 Å². The average Bonchev–Trinajstić information content (AvgIpc) is 2.49. The third-order valence-corrected chi connectivity index (χ3v) is 3.81. The first-order valence-electron chi connectivity index (χ1n) is 6.34. The molecule has 0 fully saturated rings. The van der Waals surface area contributed by atoms with Crippen LogP contribution in [0.4, 0.5) is 14.5 Å². The third kappa shape index (κ3) is 3.03. The zero-order chi connectivity index (χ0) is 14.8. The molecule has 1 aromatic heterocycles. The molecular formula is C16H11BrF2N2. The van der Waals surface area contributed by atoms with Crippen LogP contribution in [-0.4, -0.2) is 4.98 Å². The minimum Gasteiger partial charge on any atom is -0.379 e. The summed E-state index contributed by atoms with van der Waals surface area (Å²) in [5.41, 5.74) is 1.27. The number of nitrogens with one attached hydrogen (secondary N) is 1. The van der Waals surface area contributed by atoms with Gasteiger partial charge in [-0.25, -0.2) is 8.78 Å². The number of fused-ring (bicyclic) bond motifs is 1. The Morgan fingerprint density at radius 1 is 1.00 bits per heavy atom. The molecule has 0 bridgehead atoms. The van der Waals surface area contributed by atoms with Gasteiger partial charge in [0, 0.05) is 30.4 Å². The Balaban J connectivity index is 1.81. The van der Waals surface area contributed by atoms with Gasteiger partial charge in [-0.3, -0.25) is 4.98 Å². The molecule has 5 heteroatoms. The quantitative estimate of drug-likeness (QED) is 0.681. The Morgan fingerprint density at radius 2 is 1.86 bits per heavy atom. The van der Waals surface area contributed by atoms with Gasteiger partial charge in [0.05, 0.1) is 10.2 Å². The number of hydrogen-bond acceptors (Lipinski definition) is 2. The highest BCUT2D eigenvalue weighted by molar-refractivity contribution is 9.10. The third-order valence-electron chi connectivity index (χ3n) is 3.20. The molecule has 3 rings (SSSR count). The average molecular weight is 349 g/mol. The second kappa shape index (κ2) is 5.77. The molecule has 21 heavy (non-hydrogen) atoms. The number of benzene rings is 2. The second-order valence-corrected chi connectivity index (χ2v) is 5.51. The van der Waals surface area contributed by atoms with E-state index in [9.17, 15) is 8.78 Å². The number of anilines is 1. The molecule has 2 aromatic carbocycles. The fraction of sp³-hybridized carbons (Fsp3) is 0.0625. The van der Waals surface area contributed by atoms with E-state index in [0.29, 0.717) is 6.54 Å². The van der Waals surface area contributed by atoms with Crippen molar-refractivity contribution in [1.29, 1.82) is 0 Å². The van der Waals surface area contributed by atoms with Crippen molar-refractivity contribution in [2.45, 2.75) is 6.54 Å². The maximum absolute atomic E-state index is 13.7. The van der Waals surface area contributed by atoms with Crippen LogP contribution in [0.2, 0.25) is 0 Å². The van der Waals surface area contributed by atoms with Gasteiger partial charge in [-0.1, -0.05) is 12.1 Å². The van der Waals surface area contributed by atoms with Crippen LogP contribution in [0.1, 0.15) is 5.56 Å². The fourth-order valence-corrected chi connectivity index (χ4v) is 2.44. The first-order valence-corrected chi connectivity index (χ1v) is 7.14. The van der Waals surface area contributed by atoms with Crippen LogP contribution >= 0.6 is 15.9 Å². The summed E-state index contributed by atoms with van der Waals surface area (Å²) >= 11 is 3.05. The smallest absolute Gasteiger partial charge is 0.149 e. The van der Waals surface area contributed by atoms with Crippen LogP contribution < -0.4 is 5.32 Å². The van der Waals surface area contributed by atoms with Crippen LogP contribution in [0.3, 0.4) is 0 Å². The molecule has 0 aliphatic rings. The second-order valence-electron chi connectivity index (χ2n) is 4.66. The van der Waals surface area contributed by atoms with Crippen molar-refractivity contribution in [2.24, 2.45) is 0 Å². The Bertz CT molecular complexity index is 805. The molecule has 0 aliphatic carbocycles. The predicted molar refractivity (Wildman–Crippen MR) is 83.1 cm³/mol. The van der Waals surface area contributed by atoms with Gasteiger partial charge in [0.2, 0.25) is 0 Å². The molecule has 0 unspecified atom stereocenters. The molecule has 2 nitrogen and oxygen atoms in total. The Kier molecular flexibility index (Phi) is 3.84. The highest BCUT2D eigenvalue weighted by atomic mass is 79.9. The number of nitrogens with zero attached hydrogens (tertiary/aromatic N) is 1. The van der Waals surface area contributed by atoms with E-state index < -0.39 is 11.6 Å². The topological polar surface area (TPSA) is 24.9 Å². The normalized spacial score (nSPS) is 10.8. The van der Waals surface area contributed by atoms with E-state index in [1.165, 1.54) is 6.07 Å². The van der Waals surface area contributed by atoms with Crippen LogP contribution in [0.5, 0.6) is 0 Å². The van der Waals surface area contributed by atoms with E-state index in [4.69, 9.17) is 0 Å². The Morgan fingerprint density at radius 3 is 2.71 bits per heavy atom. The molecule has 3 aromatic rings. The number of aromatic nitrogens is 1. The standard InChI is InChI=1S/C16H11BrF2N2/c17-13-6-16(15(19)7-14(13)18)21-8-10-1-2-12-9-20-4-3-11(12)5-10/h1-7,9,21H,8H2. The molecule has 0 atom stereocenters. The summed E-state index contributed by atoms with van der Waals surface area (Å²) in [7, 11) is 0. The van der Waals surface area contributed by atoms with Crippen LogP contribution in [-0.2, 0) is 6.54 Å². The Hall–Kier alpha value is -2.01. The maximum atomic E-state index is 13.7. The minimum atomic E-state index is -0.615. The molecule has 0 saturated heterocycles. The first-order chi connectivity index (χ1) is 10.1. The van der Waals surface area contributed by atoms with Crippen molar-refractivity contribution in [2.75, 3.05) is 5.32 Å². The molecule has 106 valence electrons. The van der Waals surface area contributed by atoms with Crippen molar-refractivity contribution in [3.63, 3.8) is 0 Å². The fourth-order valence-electron chi connectivity index (χ4n) is 2.10. The van der Waals surface area contributed by atoms with Crippen LogP contribution in [0, 0.1) is 11.6 Å². The summed E-state index contributed by atoms with van der Waals surface area (Å²) in [5, 5.41) is 5.10. The van der Waals surface area contributed by atoms with Gasteiger partial charge in [0.1, 0.15) is 11.6 Å². The molecule has 0 spiro atoms. The molecule has 1 N–H and O–H groups in total. The number of rotatable bonds is 3. The van der Waals surface area contributed by atoms with E-state index in [0.717, 1.165) is 22.4 Å². The number of hydrogen-bond donors (Lipinski definition) is 1. The van der Waals surface area contributed by atoms with Gasteiger partial charge in [-0.15, -0.1) is 0 Å². The lowest BCUT2D eigenvalue weighted by atomic mass is 10.1. The number of pyridine rings is 1. The van der Waals surface area contributed by atoms with Crippen LogP contribution in [0.15, 0.2) is 53.3 Å². The van der Waals surface area contributed by atoms with Gasteiger partial charge in [0.15, 0.2) is 0 Å². The molecular weight excluding hydrogens is 338 g/mol. The van der Waals surface area contributed by atoms with Crippen molar-refractivity contribution < 1.29 is 8.78 Å². The first kappa shape index (κ1) is 13.9. The van der Waals surface area contributed by atoms with E-state index in [-0.39, 0.29) is 10.2 Å². The lowest BCUT2D eigenvalue weighted by Gasteiger charge is -2.09. The molecule has 1 heterocycles. The van der Waals surface area contributed by atoms with Gasteiger partial charge in [0.25, 0.3) is 0 Å².